The molecule has 3 aromatic carbocycles. The second-order valence-electron chi connectivity index (χ2n) is 7.42. The van der Waals surface area contributed by atoms with E-state index in [4.69, 9.17) is 0 Å². The Morgan fingerprint density at radius 2 is 1.70 bits per heavy atom. The molecule has 1 amide bonds. The number of nitrogens with one attached hydrogen (secondary N) is 2. The molecule has 0 radical (unpaired) electrons. The molecular formula is C24H22N4OS. The summed E-state index contributed by atoms with van der Waals surface area (Å²) in [6.45, 7) is 2.28. The summed E-state index contributed by atoms with van der Waals surface area (Å²) in [5.74, 6) is -0.188. The molecular weight excluding hydrogens is 392 g/mol. The van der Waals surface area contributed by atoms with Gasteiger partial charge in [0.1, 0.15) is 0 Å². The summed E-state index contributed by atoms with van der Waals surface area (Å²) >= 11 is 1.47. The van der Waals surface area contributed by atoms with Crippen molar-refractivity contribution in [1.82, 2.24) is 10.4 Å². The number of thiazole rings is 1. The zero-order valence-corrected chi connectivity index (χ0v) is 17.3. The number of nitrogens with zero attached hydrogens (tertiary/aromatic N) is 2. The molecule has 0 bridgehead atoms. The maximum Gasteiger partial charge on any atom is 0.269 e. The van der Waals surface area contributed by atoms with Crippen molar-refractivity contribution in [3.63, 3.8) is 0 Å². The molecule has 1 aliphatic heterocycles. The van der Waals surface area contributed by atoms with E-state index < -0.39 is 0 Å². The maximum atomic E-state index is 12.5. The van der Waals surface area contributed by atoms with E-state index in [1.54, 1.807) is 0 Å². The Balaban J connectivity index is 1.23. The normalized spacial score (nSPS) is 13.5. The fraction of sp³-hybridized carbons (Fsp3) is 0.167. The van der Waals surface area contributed by atoms with Crippen LogP contribution in [0.3, 0.4) is 0 Å². The van der Waals surface area contributed by atoms with E-state index in [9.17, 15) is 4.79 Å². The lowest BCUT2D eigenvalue weighted by Crippen LogP contribution is -2.29. The molecule has 0 unspecified atom stereocenters. The van der Waals surface area contributed by atoms with Gasteiger partial charge in [-0.3, -0.25) is 15.6 Å². The van der Waals surface area contributed by atoms with Crippen LogP contribution in [-0.2, 0) is 0 Å². The number of amides is 1. The second-order valence-corrected chi connectivity index (χ2v) is 8.28. The third-order valence-corrected chi connectivity index (χ3v) is 6.19. The number of aromatic nitrogens is 1. The summed E-state index contributed by atoms with van der Waals surface area (Å²) in [5.41, 5.74) is 9.53. The van der Waals surface area contributed by atoms with Crippen molar-refractivity contribution in [2.45, 2.75) is 12.8 Å². The van der Waals surface area contributed by atoms with Crippen molar-refractivity contribution in [3.8, 4) is 11.3 Å². The summed E-state index contributed by atoms with van der Waals surface area (Å²) < 4.78 is 0. The molecule has 6 heteroatoms. The molecule has 2 N–H and O–H groups in total. The van der Waals surface area contributed by atoms with Crippen LogP contribution in [0.5, 0.6) is 0 Å². The van der Waals surface area contributed by atoms with Gasteiger partial charge in [-0.15, -0.1) is 11.3 Å². The van der Waals surface area contributed by atoms with Crippen molar-refractivity contribution >= 4 is 38.8 Å². The molecule has 4 aromatic rings. The van der Waals surface area contributed by atoms with Gasteiger partial charge < -0.3 is 4.90 Å². The first-order chi connectivity index (χ1) is 14.8. The molecule has 1 saturated heterocycles. The largest absolute Gasteiger partial charge is 0.372 e. The SMILES string of the molecule is O=C(NNc1nc(-c2ccc(N3CCCC3)cc2)cs1)c1ccc2ccccc2c1. The summed E-state index contributed by atoms with van der Waals surface area (Å²) in [4.78, 5) is 19.5. The first kappa shape index (κ1) is 18.6. The van der Waals surface area contributed by atoms with Gasteiger partial charge in [-0.2, -0.15) is 0 Å². The lowest BCUT2D eigenvalue weighted by atomic mass is 10.1. The van der Waals surface area contributed by atoms with Crippen molar-refractivity contribution in [3.05, 3.63) is 77.7 Å². The minimum atomic E-state index is -0.188. The van der Waals surface area contributed by atoms with Crippen LogP contribution >= 0.6 is 11.3 Å². The Morgan fingerprint density at radius 1 is 0.933 bits per heavy atom. The molecule has 1 fully saturated rings. The highest BCUT2D eigenvalue weighted by Crippen LogP contribution is 2.28. The van der Waals surface area contributed by atoms with E-state index in [-0.39, 0.29) is 5.91 Å². The molecule has 0 aliphatic carbocycles. The number of fused-ring (bicyclic) bond motifs is 1. The molecule has 1 aromatic heterocycles. The number of rotatable bonds is 5. The minimum Gasteiger partial charge on any atom is -0.372 e. The number of hydrogen-bond acceptors (Lipinski definition) is 5. The van der Waals surface area contributed by atoms with Crippen LogP contribution in [0.15, 0.2) is 72.1 Å². The lowest BCUT2D eigenvalue weighted by molar-refractivity contribution is 0.0963. The monoisotopic (exact) mass is 414 g/mol. The van der Waals surface area contributed by atoms with Crippen LogP contribution in [0.2, 0.25) is 0 Å². The van der Waals surface area contributed by atoms with Crippen LogP contribution in [0.4, 0.5) is 10.8 Å². The van der Waals surface area contributed by atoms with E-state index >= 15 is 0 Å². The van der Waals surface area contributed by atoms with Gasteiger partial charge in [-0.25, -0.2) is 4.98 Å². The number of hydrogen-bond donors (Lipinski definition) is 2. The Hall–Kier alpha value is -3.38. The van der Waals surface area contributed by atoms with Gasteiger partial charge in [0.2, 0.25) is 5.13 Å². The van der Waals surface area contributed by atoms with Gasteiger partial charge in [-0.05, 0) is 47.9 Å². The third-order valence-electron chi connectivity index (χ3n) is 5.43. The summed E-state index contributed by atoms with van der Waals surface area (Å²) in [6.07, 6.45) is 2.54. The molecule has 5 rings (SSSR count). The quantitative estimate of drug-likeness (QED) is 0.434. The minimum absolute atomic E-state index is 0.188. The van der Waals surface area contributed by atoms with Gasteiger partial charge >= 0.3 is 0 Å². The molecule has 5 nitrogen and oxygen atoms in total. The highest BCUT2D eigenvalue weighted by atomic mass is 32.1. The Labute approximate surface area is 179 Å². The Morgan fingerprint density at radius 3 is 2.50 bits per heavy atom. The van der Waals surface area contributed by atoms with Crippen molar-refractivity contribution in [2.75, 3.05) is 23.4 Å². The molecule has 0 saturated carbocycles. The number of hydrazine groups is 1. The zero-order valence-electron chi connectivity index (χ0n) is 16.5. The molecule has 0 atom stereocenters. The predicted molar refractivity (Wildman–Crippen MR) is 124 cm³/mol. The van der Waals surface area contributed by atoms with Crippen LogP contribution < -0.4 is 15.8 Å². The summed E-state index contributed by atoms with van der Waals surface area (Å²) in [7, 11) is 0. The van der Waals surface area contributed by atoms with Crippen LogP contribution in [0, 0.1) is 0 Å². The standard InChI is InChI=1S/C24H22N4OS/c29-23(20-8-7-17-5-1-2-6-19(17)15-20)26-27-24-25-22(16-30-24)18-9-11-21(12-10-18)28-13-3-4-14-28/h1-2,5-12,15-16H,3-4,13-14H2,(H,25,27)(H,26,29). The molecule has 30 heavy (non-hydrogen) atoms. The topological polar surface area (TPSA) is 57.3 Å². The fourth-order valence-electron chi connectivity index (χ4n) is 3.80. The number of carbonyl (C=O) groups is 1. The van der Waals surface area contributed by atoms with Crippen molar-refractivity contribution in [1.29, 1.82) is 0 Å². The first-order valence-electron chi connectivity index (χ1n) is 10.1. The van der Waals surface area contributed by atoms with E-state index in [2.05, 4.69) is 45.0 Å². The van der Waals surface area contributed by atoms with E-state index in [1.807, 2.05) is 47.8 Å². The van der Waals surface area contributed by atoms with Gasteiger partial charge in [-0.1, -0.05) is 42.5 Å². The summed E-state index contributed by atoms with van der Waals surface area (Å²) in [5, 5.41) is 4.80. The Kier molecular flexibility index (Phi) is 5.07. The van der Waals surface area contributed by atoms with Gasteiger partial charge in [0.05, 0.1) is 5.69 Å². The molecule has 1 aliphatic rings. The van der Waals surface area contributed by atoms with Crippen molar-refractivity contribution < 1.29 is 4.79 Å². The predicted octanol–water partition coefficient (Wildman–Crippen LogP) is 5.32. The first-order valence-corrected chi connectivity index (χ1v) is 11.0. The second kappa shape index (κ2) is 8.16. The van der Waals surface area contributed by atoms with Crippen molar-refractivity contribution in [2.24, 2.45) is 0 Å². The summed E-state index contributed by atoms with van der Waals surface area (Å²) in [6, 6.07) is 22.2. The number of benzene rings is 3. The van der Waals surface area contributed by atoms with E-state index in [1.165, 1.54) is 29.9 Å². The third kappa shape index (κ3) is 3.86. The average molecular weight is 415 g/mol. The van der Waals surface area contributed by atoms with E-state index in [0.717, 1.165) is 35.1 Å². The molecule has 150 valence electrons. The highest BCUT2D eigenvalue weighted by molar-refractivity contribution is 7.14. The van der Waals surface area contributed by atoms with Gasteiger partial charge in [0.25, 0.3) is 5.91 Å². The number of carbonyl (C=O) groups excluding carboxylic acids is 1. The Bertz CT molecular complexity index is 1180. The van der Waals surface area contributed by atoms with Crippen LogP contribution in [-0.4, -0.2) is 24.0 Å². The average Bonchev–Trinajstić information content (AvgIpc) is 3.50. The smallest absolute Gasteiger partial charge is 0.269 e. The molecule has 0 spiro atoms. The number of anilines is 2. The molecule has 2 heterocycles. The zero-order chi connectivity index (χ0) is 20.3. The van der Waals surface area contributed by atoms with Crippen LogP contribution in [0.25, 0.3) is 22.0 Å². The van der Waals surface area contributed by atoms with Crippen LogP contribution in [0.1, 0.15) is 23.2 Å². The lowest BCUT2D eigenvalue weighted by Gasteiger charge is -2.17. The van der Waals surface area contributed by atoms with E-state index in [0.29, 0.717) is 10.7 Å². The van der Waals surface area contributed by atoms with Gasteiger partial charge in [0.15, 0.2) is 0 Å². The highest BCUT2D eigenvalue weighted by Gasteiger charge is 2.13. The fourth-order valence-corrected chi connectivity index (χ4v) is 4.47. The van der Waals surface area contributed by atoms with Gasteiger partial charge in [0, 0.05) is 35.3 Å². The maximum absolute atomic E-state index is 12.5.